The molecule has 0 saturated carbocycles. The van der Waals surface area contributed by atoms with Gasteiger partial charge in [-0.3, -0.25) is 0 Å². The molecule has 1 atom stereocenters. The molecule has 0 spiro atoms. The van der Waals surface area contributed by atoms with Gasteiger partial charge >= 0.3 is 0 Å². The van der Waals surface area contributed by atoms with Crippen molar-refractivity contribution < 1.29 is 10.2 Å². The molecule has 0 aromatic heterocycles. The normalized spacial score (nSPS) is 16.6. The summed E-state index contributed by atoms with van der Waals surface area (Å²) in [5.41, 5.74) is 2.98. The molecule has 15 heavy (non-hydrogen) atoms. The Morgan fingerprint density at radius 2 is 2.20 bits per heavy atom. The number of phenolic OH excluding ortho intramolecular Hbond substituents is 1. The van der Waals surface area contributed by atoms with Gasteiger partial charge in [0, 0.05) is 31.3 Å². The highest BCUT2D eigenvalue weighted by Gasteiger charge is 2.21. The van der Waals surface area contributed by atoms with E-state index >= 15 is 0 Å². The van der Waals surface area contributed by atoms with Gasteiger partial charge in [-0.2, -0.15) is 0 Å². The van der Waals surface area contributed by atoms with E-state index in [-0.39, 0.29) is 0 Å². The number of phenols is 1. The molecule has 82 valence electrons. The van der Waals surface area contributed by atoms with Crippen molar-refractivity contribution >= 4 is 5.69 Å². The van der Waals surface area contributed by atoms with Crippen LogP contribution in [0.3, 0.4) is 0 Å². The zero-order valence-electron chi connectivity index (χ0n) is 9.20. The highest BCUT2D eigenvalue weighted by atomic mass is 16.3. The minimum atomic E-state index is -0.409. The Hall–Kier alpha value is -1.22. The second-order valence-electron chi connectivity index (χ2n) is 4.30. The summed E-state index contributed by atoms with van der Waals surface area (Å²) in [7, 11) is 2.03. The fourth-order valence-corrected chi connectivity index (χ4v) is 2.16. The zero-order valence-corrected chi connectivity index (χ0v) is 9.20. The maximum Gasteiger partial charge on any atom is 0.124 e. The molecule has 0 bridgehead atoms. The summed E-state index contributed by atoms with van der Waals surface area (Å²) in [4.78, 5) is 2.14. The fourth-order valence-electron chi connectivity index (χ4n) is 2.16. The van der Waals surface area contributed by atoms with Crippen molar-refractivity contribution in [1.29, 1.82) is 0 Å². The Morgan fingerprint density at radius 3 is 2.87 bits per heavy atom. The van der Waals surface area contributed by atoms with Crippen LogP contribution in [0.2, 0.25) is 0 Å². The first-order valence-corrected chi connectivity index (χ1v) is 5.32. The van der Waals surface area contributed by atoms with Gasteiger partial charge in [0.1, 0.15) is 5.75 Å². The number of likely N-dealkylation sites (N-methyl/N-ethyl adjacent to an activating group) is 1. The van der Waals surface area contributed by atoms with Crippen molar-refractivity contribution in [2.24, 2.45) is 0 Å². The van der Waals surface area contributed by atoms with Crippen molar-refractivity contribution in [3.63, 3.8) is 0 Å². The lowest BCUT2D eigenvalue weighted by Gasteiger charge is -2.14. The van der Waals surface area contributed by atoms with Crippen LogP contribution in [-0.4, -0.2) is 29.9 Å². The molecule has 1 aromatic rings. The van der Waals surface area contributed by atoms with Crippen molar-refractivity contribution in [3.8, 4) is 5.75 Å². The zero-order chi connectivity index (χ0) is 11.0. The van der Waals surface area contributed by atoms with Gasteiger partial charge in [0.15, 0.2) is 0 Å². The average Bonchev–Trinajstić information content (AvgIpc) is 2.53. The summed E-state index contributed by atoms with van der Waals surface area (Å²) in [5.74, 6) is 0.373. The highest BCUT2D eigenvalue weighted by Crippen LogP contribution is 2.36. The number of anilines is 1. The molecule has 3 nitrogen and oxygen atoms in total. The largest absolute Gasteiger partial charge is 0.507 e. The number of benzene rings is 1. The maximum atomic E-state index is 10.0. The number of aliphatic hydroxyl groups excluding tert-OH is 1. The third kappa shape index (κ3) is 1.79. The quantitative estimate of drug-likeness (QED) is 0.768. The average molecular weight is 207 g/mol. The standard InChI is InChI=1S/C12H17NO2/c1-8(14)7-9-3-4-11-10(12(9)15)5-6-13(11)2/h3-4,8,14-15H,5-7H2,1-2H3. The number of nitrogens with zero attached hydrogens (tertiary/aromatic N) is 1. The molecule has 2 N–H and O–H groups in total. The van der Waals surface area contributed by atoms with Gasteiger partial charge < -0.3 is 15.1 Å². The van der Waals surface area contributed by atoms with E-state index in [1.54, 1.807) is 6.92 Å². The topological polar surface area (TPSA) is 43.7 Å². The Kier molecular flexibility index (Phi) is 2.57. The van der Waals surface area contributed by atoms with E-state index in [0.717, 1.165) is 29.8 Å². The van der Waals surface area contributed by atoms with Crippen LogP contribution in [0.15, 0.2) is 12.1 Å². The fraction of sp³-hybridized carbons (Fsp3) is 0.500. The van der Waals surface area contributed by atoms with Crippen LogP contribution in [0.25, 0.3) is 0 Å². The number of hydrogen-bond acceptors (Lipinski definition) is 3. The summed E-state index contributed by atoms with van der Waals surface area (Å²) in [5, 5.41) is 19.3. The molecule has 3 heteroatoms. The van der Waals surface area contributed by atoms with E-state index in [9.17, 15) is 10.2 Å². The summed E-state index contributed by atoms with van der Waals surface area (Å²) in [6, 6.07) is 3.93. The Bertz CT molecular complexity index is 374. The summed E-state index contributed by atoms with van der Waals surface area (Å²) >= 11 is 0. The van der Waals surface area contributed by atoms with Crippen LogP contribution < -0.4 is 4.90 Å². The van der Waals surface area contributed by atoms with E-state index in [0.29, 0.717) is 12.2 Å². The van der Waals surface area contributed by atoms with Crippen molar-refractivity contribution in [1.82, 2.24) is 0 Å². The Morgan fingerprint density at radius 1 is 1.47 bits per heavy atom. The molecule has 0 amide bonds. The first-order chi connectivity index (χ1) is 7.09. The van der Waals surface area contributed by atoms with E-state index < -0.39 is 6.10 Å². The summed E-state index contributed by atoms with van der Waals surface area (Å²) < 4.78 is 0. The van der Waals surface area contributed by atoms with Gasteiger partial charge in [0.2, 0.25) is 0 Å². The van der Waals surface area contributed by atoms with Crippen LogP contribution in [0.5, 0.6) is 5.75 Å². The van der Waals surface area contributed by atoms with Gasteiger partial charge in [0.05, 0.1) is 6.10 Å². The molecule has 1 aliphatic rings. The molecule has 1 aromatic carbocycles. The molecule has 1 unspecified atom stereocenters. The van der Waals surface area contributed by atoms with Gasteiger partial charge in [-0.05, 0) is 25.0 Å². The third-order valence-corrected chi connectivity index (χ3v) is 2.97. The second-order valence-corrected chi connectivity index (χ2v) is 4.30. The first-order valence-electron chi connectivity index (χ1n) is 5.32. The number of fused-ring (bicyclic) bond motifs is 1. The van der Waals surface area contributed by atoms with Crippen LogP contribution in [0, 0.1) is 0 Å². The SMILES string of the molecule is CC(O)Cc1ccc2c(c1O)CCN2C. The van der Waals surface area contributed by atoms with Crippen LogP contribution in [0.4, 0.5) is 5.69 Å². The van der Waals surface area contributed by atoms with Crippen LogP contribution in [-0.2, 0) is 12.8 Å². The van der Waals surface area contributed by atoms with Crippen LogP contribution in [0.1, 0.15) is 18.1 Å². The van der Waals surface area contributed by atoms with E-state index in [1.165, 1.54) is 0 Å². The molecule has 0 saturated heterocycles. The second kappa shape index (κ2) is 3.74. The Labute approximate surface area is 90.0 Å². The number of aromatic hydroxyl groups is 1. The molecule has 0 radical (unpaired) electrons. The van der Waals surface area contributed by atoms with Crippen molar-refractivity contribution in [2.75, 3.05) is 18.5 Å². The van der Waals surface area contributed by atoms with Gasteiger partial charge in [0.25, 0.3) is 0 Å². The van der Waals surface area contributed by atoms with Crippen molar-refractivity contribution in [2.45, 2.75) is 25.9 Å². The molecule has 0 fully saturated rings. The number of aliphatic hydroxyl groups is 1. The van der Waals surface area contributed by atoms with Crippen LogP contribution >= 0.6 is 0 Å². The highest BCUT2D eigenvalue weighted by molar-refractivity contribution is 5.64. The van der Waals surface area contributed by atoms with Gasteiger partial charge in [-0.1, -0.05) is 6.07 Å². The predicted molar refractivity (Wildman–Crippen MR) is 60.5 cm³/mol. The smallest absolute Gasteiger partial charge is 0.124 e. The molecule has 1 aliphatic heterocycles. The summed E-state index contributed by atoms with van der Waals surface area (Å²) in [6.07, 6.45) is 1.00. The minimum absolute atomic E-state index is 0.373. The molecular weight excluding hydrogens is 190 g/mol. The van der Waals surface area contributed by atoms with Crippen molar-refractivity contribution in [3.05, 3.63) is 23.3 Å². The molecular formula is C12H17NO2. The van der Waals surface area contributed by atoms with E-state index in [4.69, 9.17) is 0 Å². The van der Waals surface area contributed by atoms with Gasteiger partial charge in [-0.25, -0.2) is 0 Å². The Balaban J connectivity index is 2.37. The lowest BCUT2D eigenvalue weighted by molar-refractivity contribution is 0.194. The molecule has 2 rings (SSSR count). The lowest BCUT2D eigenvalue weighted by Crippen LogP contribution is -2.12. The lowest BCUT2D eigenvalue weighted by atomic mass is 10.0. The minimum Gasteiger partial charge on any atom is -0.507 e. The van der Waals surface area contributed by atoms with E-state index in [2.05, 4.69) is 4.90 Å². The number of rotatable bonds is 2. The van der Waals surface area contributed by atoms with Gasteiger partial charge in [-0.15, -0.1) is 0 Å². The summed E-state index contributed by atoms with van der Waals surface area (Å²) in [6.45, 7) is 2.69. The first kappa shape index (κ1) is 10.3. The molecule has 1 heterocycles. The number of hydrogen-bond donors (Lipinski definition) is 2. The molecule has 0 aliphatic carbocycles. The monoisotopic (exact) mass is 207 g/mol. The third-order valence-electron chi connectivity index (χ3n) is 2.97. The predicted octanol–water partition coefficient (Wildman–Crippen LogP) is 1.31. The van der Waals surface area contributed by atoms with E-state index in [1.807, 2.05) is 19.2 Å². The maximum absolute atomic E-state index is 10.0.